The molecule has 228 valence electrons. The molecule has 43 heavy (non-hydrogen) atoms. The van der Waals surface area contributed by atoms with E-state index in [1.807, 2.05) is 54.6 Å². The van der Waals surface area contributed by atoms with Crippen LogP contribution in [0.25, 0.3) is 5.57 Å². The zero-order valence-corrected chi connectivity index (χ0v) is 24.8. The third-order valence-electron chi connectivity index (χ3n) is 6.86. The summed E-state index contributed by atoms with van der Waals surface area (Å²) in [5, 5.41) is 3.74. The van der Waals surface area contributed by atoms with Gasteiger partial charge in [0, 0.05) is 24.7 Å². The van der Waals surface area contributed by atoms with Gasteiger partial charge in [0.25, 0.3) is 0 Å². The number of hydroxylamine groups is 2. The number of rotatable bonds is 12. The van der Waals surface area contributed by atoms with E-state index in [-0.39, 0.29) is 30.9 Å². The van der Waals surface area contributed by atoms with Crippen molar-refractivity contribution in [3.63, 3.8) is 0 Å². The summed E-state index contributed by atoms with van der Waals surface area (Å²) < 4.78 is 58.2. The molecule has 6 nitrogen and oxygen atoms in total. The first kappa shape index (κ1) is 32.2. The van der Waals surface area contributed by atoms with Crippen molar-refractivity contribution in [2.24, 2.45) is 0 Å². The van der Waals surface area contributed by atoms with Crippen LogP contribution < -0.4 is 10.1 Å². The number of carbonyl (C=O) groups excluding carboxylic acids is 2. The van der Waals surface area contributed by atoms with Crippen LogP contribution in [0.15, 0.2) is 82.8 Å². The van der Waals surface area contributed by atoms with Crippen molar-refractivity contribution >= 4 is 33.4 Å². The Balaban J connectivity index is 1.40. The Morgan fingerprint density at radius 1 is 0.930 bits per heavy atom. The van der Waals surface area contributed by atoms with Gasteiger partial charge in [-0.2, -0.15) is 13.2 Å². The standard InChI is InChI=1S/C32H31BrF4N2O4/c33-28-15-14-25(34)20-29(28)42-19-5-9-23-10-12-24(13-11-23)26-16-18-39(43-31(41)32(35,36)37)21-27(26)30(40)38-17-4-8-22-6-2-1-3-7-22/h1-3,6-7,10-15,20H,4-5,8-9,16-19,21H2,(H,38,40). The number of benzene rings is 3. The Kier molecular flexibility index (Phi) is 11.4. The highest BCUT2D eigenvalue weighted by Gasteiger charge is 2.43. The summed E-state index contributed by atoms with van der Waals surface area (Å²) in [5.74, 6) is -2.69. The van der Waals surface area contributed by atoms with E-state index in [2.05, 4.69) is 26.1 Å². The number of aryl methyl sites for hydroxylation is 2. The smallest absolute Gasteiger partial charge is 0.492 e. The molecule has 1 amide bonds. The van der Waals surface area contributed by atoms with Crippen LogP contribution in [-0.4, -0.2) is 49.4 Å². The first-order chi connectivity index (χ1) is 20.6. The number of halogens is 5. The molecule has 3 aromatic carbocycles. The maximum atomic E-state index is 13.5. The van der Waals surface area contributed by atoms with Gasteiger partial charge in [-0.3, -0.25) is 4.79 Å². The van der Waals surface area contributed by atoms with Crippen LogP contribution in [-0.2, 0) is 27.3 Å². The van der Waals surface area contributed by atoms with Crippen molar-refractivity contribution in [1.29, 1.82) is 0 Å². The first-order valence-electron chi connectivity index (χ1n) is 13.9. The van der Waals surface area contributed by atoms with Crippen LogP contribution in [0.2, 0.25) is 0 Å². The van der Waals surface area contributed by atoms with Gasteiger partial charge in [-0.05, 0) is 82.4 Å². The molecule has 0 spiro atoms. The molecule has 4 rings (SSSR count). The Morgan fingerprint density at radius 3 is 2.35 bits per heavy atom. The highest BCUT2D eigenvalue weighted by molar-refractivity contribution is 9.10. The summed E-state index contributed by atoms with van der Waals surface area (Å²) >= 11 is 3.34. The number of alkyl halides is 3. The molecule has 0 saturated heterocycles. The monoisotopic (exact) mass is 662 g/mol. The summed E-state index contributed by atoms with van der Waals surface area (Å²) in [7, 11) is 0. The average Bonchev–Trinajstić information content (AvgIpc) is 2.99. The predicted molar refractivity (Wildman–Crippen MR) is 157 cm³/mol. The van der Waals surface area contributed by atoms with E-state index in [4.69, 9.17) is 4.74 Å². The van der Waals surface area contributed by atoms with Crippen molar-refractivity contribution in [3.05, 3.63) is 105 Å². The molecule has 11 heteroatoms. The third-order valence-corrected chi connectivity index (χ3v) is 7.52. The fourth-order valence-electron chi connectivity index (χ4n) is 4.68. The van der Waals surface area contributed by atoms with Gasteiger partial charge in [-0.15, -0.1) is 5.06 Å². The molecule has 0 fully saturated rings. The van der Waals surface area contributed by atoms with Crippen molar-refractivity contribution in [1.82, 2.24) is 10.4 Å². The van der Waals surface area contributed by atoms with E-state index >= 15 is 0 Å². The molecular weight excluding hydrogens is 632 g/mol. The van der Waals surface area contributed by atoms with Crippen LogP contribution in [0, 0.1) is 5.82 Å². The van der Waals surface area contributed by atoms with Gasteiger partial charge in [0.1, 0.15) is 11.6 Å². The van der Waals surface area contributed by atoms with Crippen LogP contribution in [0.1, 0.15) is 36.0 Å². The van der Waals surface area contributed by atoms with Gasteiger partial charge in [-0.25, -0.2) is 9.18 Å². The summed E-state index contributed by atoms with van der Waals surface area (Å²) in [6.45, 7) is 0.503. The SMILES string of the molecule is O=C(NCCCc1ccccc1)C1=C(c2ccc(CCCOc3cc(F)ccc3Br)cc2)CCN(OC(=O)C(F)(F)F)C1. The molecule has 1 heterocycles. The zero-order chi connectivity index (χ0) is 30.8. The molecule has 0 aliphatic carbocycles. The Hall–Kier alpha value is -3.70. The van der Waals surface area contributed by atoms with Crippen molar-refractivity contribution < 1.29 is 36.7 Å². The van der Waals surface area contributed by atoms with E-state index in [9.17, 15) is 27.2 Å². The van der Waals surface area contributed by atoms with Gasteiger partial charge < -0.3 is 14.9 Å². The molecule has 1 aliphatic heterocycles. The molecule has 0 atom stereocenters. The van der Waals surface area contributed by atoms with E-state index in [1.165, 1.54) is 12.1 Å². The molecule has 0 radical (unpaired) electrons. The highest BCUT2D eigenvalue weighted by atomic mass is 79.9. The highest BCUT2D eigenvalue weighted by Crippen LogP contribution is 2.30. The van der Waals surface area contributed by atoms with Crippen LogP contribution >= 0.6 is 15.9 Å². The number of nitrogens with one attached hydrogen (secondary N) is 1. The lowest BCUT2D eigenvalue weighted by Gasteiger charge is -2.29. The molecule has 3 aromatic rings. The quantitative estimate of drug-likeness (QED) is 0.170. The van der Waals surface area contributed by atoms with Crippen molar-refractivity contribution in [2.75, 3.05) is 26.2 Å². The maximum absolute atomic E-state index is 13.5. The summed E-state index contributed by atoms with van der Waals surface area (Å²) in [6.07, 6.45) is -2.11. The number of ether oxygens (including phenoxy) is 1. The second-order valence-corrected chi connectivity index (χ2v) is 10.9. The fourth-order valence-corrected chi connectivity index (χ4v) is 5.04. The average molecular weight is 664 g/mol. The minimum atomic E-state index is -5.14. The number of amides is 1. The molecular formula is C32H31BrF4N2O4. The Morgan fingerprint density at radius 2 is 1.63 bits per heavy atom. The Labute approximate surface area is 255 Å². The van der Waals surface area contributed by atoms with E-state index in [0.717, 1.165) is 28.2 Å². The summed E-state index contributed by atoms with van der Waals surface area (Å²) in [4.78, 5) is 29.2. The Bertz CT molecular complexity index is 1430. The second-order valence-electron chi connectivity index (χ2n) is 10.0. The van der Waals surface area contributed by atoms with Crippen LogP contribution in [0.4, 0.5) is 17.6 Å². The second kappa shape index (κ2) is 15.2. The number of carbonyl (C=O) groups is 2. The topological polar surface area (TPSA) is 67.9 Å². The van der Waals surface area contributed by atoms with Crippen LogP contribution in [0.5, 0.6) is 5.75 Å². The lowest BCUT2D eigenvalue weighted by atomic mass is 9.92. The van der Waals surface area contributed by atoms with Gasteiger partial charge in [0.2, 0.25) is 5.91 Å². The summed E-state index contributed by atoms with van der Waals surface area (Å²) in [6, 6.07) is 21.6. The molecule has 0 unspecified atom stereocenters. The fraction of sp³-hybridized carbons (Fsp3) is 0.312. The number of nitrogens with zero attached hydrogens (tertiary/aromatic N) is 1. The van der Waals surface area contributed by atoms with E-state index in [1.54, 1.807) is 6.07 Å². The molecule has 0 bridgehead atoms. The van der Waals surface area contributed by atoms with Gasteiger partial charge in [-0.1, -0.05) is 54.6 Å². The summed E-state index contributed by atoms with van der Waals surface area (Å²) in [5.41, 5.74) is 3.86. The largest absolute Gasteiger partial charge is 0.492 e. The van der Waals surface area contributed by atoms with E-state index in [0.29, 0.717) is 48.2 Å². The minimum Gasteiger partial charge on any atom is -0.492 e. The normalized spacial score (nSPS) is 14.0. The number of hydrogen-bond donors (Lipinski definition) is 1. The lowest BCUT2D eigenvalue weighted by molar-refractivity contribution is -0.237. The van der Waals surface area contributed by atoms with E-state index < -0.39 is 18.1 Å². The predicted octanol–water partition coefficient (Wildman–Crippen LogP) is 6.83. The first-order valence-corrected chi connectivity index (χ1v) is 14.6. The zero-order valence-electron chi connectivity index (χ0n) is 23.3. The van der Waals surface area contributed by atoms with Gasteiger partial charge in [0.15, 0.2) is 0 Å². The van der Waals surface area contributed by atoms with Crippen LogP contribution in [0.3, 0.4) is 0 Å². The minimum absolute atomic E-state index is 0.0106. The number of hydrogen-bond acceptors (Lipinski definition) is 5. The molecule has 1 aliphatic rings. The lowest BCUT2D eigenvalue weighted by Crippen LogP contribution is -2.41. The maximum Gasteiger partial charge on any atom is 0.492 e. The van der Waals surface area contributed by atoms with Crippen molar-refractivity contribution in [3.8, 4) is 5.75 Å². The molecule has 0 aromatic heterocycles. The van der Waals surface area contributed by atoms with Gasteiger partial charge >= 0.3 is 12.1 Å². The molecule has 0 saturated carbocycles. The molecule has 1 N–H and O–H groups in total. The third kappa shape index (κ3) is 9.65. The van der Waals surface area contributed by atoms with Gasteiger partial charge in [0.05, 0.1) is 17.6 Å². The van der Waals surface area contributed by atoms with Crippen molar-refractivity contribution in [2.45, 2.75) is 38.3 Å².